The first-order chi connectivity index (χ1) is 14.5. The highest BCUT2D eigenvalue weighted by molar-refractivity contribution is 9.10. The Hall–Kier alpha value is -2.91. The molecule has 0 aliphatic heterocycles. The van der Waals surface area contributed by atoms with E-state index in [-0.39, 0.29) is 18.7 Å². The summed E-state index contributed by atoms with van der Waals surface area (Å²) in [6.45, 7) is 1.23. The van der Waals surface area contributed by atoms with Crippen molar-refractivity contribution >= 4 is 33.7 Å². The zero-order chi connectivity index (χ0) is 21.8. The molecule has 3 amide bonds. The van der Waals surface area contributed by atoms with Gasteiger partial charge >= 0.3 is 0 Å². The van der Waals surface area contributed by atoms with Crippen LogP contribution in [0.1, 0.15) is 28.8 Å². The first kappa shape index (κ1) is 23.4. The lowest BCUT2D eigenvalue weighted by Crippen LogP contribution is -2.42. The van der Waals surface area contributed by atoms with Gasteiger partial charge in [-0.1, -0.05) is 30.3 Å². The average Bonchev–Trinajstić information content (AvgIpc) is 2.76. The van der Waals surface area contributed by atoms with Gasteiger partial charge in [-0.25, -0.2) is 0 Å². The lowest BCUT2D eigenvalue weighted by Gasteiger charge is -2.10. The van der Waals surface area contributed by atoms with E-state index < -0.39 is 11.8 Å². The molecule has 0 aliphatic rings. The molecule has 8 nitrogen and oxygen atoms in total. The number of hydrazine groups is 1. The lowest BCUT2D eigenvalue weighted by molar-refractivity contribution is -0.126. The van der Waals surface area contributed by atoms with Gasteiger partial charge in [0.2, 0.25) is 11.8 Å². The quantitative estimate of drug-likeness (QED) is 0.359. The van der Waals surface area contributed by atoms with Crippen molar-refractivity contribution in [1.29, 1.82) is 0 Å². The zero-order valence-electron chi connectivity index (χ0n) is 16.6. The fourth-order valence-electron chi connectivity index (χ4n) is 2.37. The van der Waals surface area contributed by atoms with Crippen LogP contribution in [0.25, 0.3) is 0 Å². The Morgan fingerprint density at radius 2 is 1.67 bits per heavy atom. The molecule has 0 unspecified atom stereocenters. The third-order valence-electron chi connectivity index (χ3n) is 3.97. The highest BCUT2D eigenvalue weighted by Crippen LogP contribution is 2.25. The van der Waals surface area contributed by atoms with Gasteiger partial charge in [0, 0.05) is 32.1 Å². The first-order valence-corrected chi connectivity index (χ1v) is 10.1. The van der Waals surface area contributed by atoms with E-state index in [0.717, 1.165) is 5.56 Å². The number of halogens is 1. The highest BCUT2D eigenvalue weighted by Gasteiger charge is 2.11. The number of ether oxygens (including phenoxy) is 2. The van der Waals surface area contributed by atoms with Gasteiger partial charge in [-0.15, -0.1) is 0 Å². The predicted molar refractivity (Wildman–Crippen MR) is 115 cm³/mol. The number of carbonyl (C=O) groups excluding carboxylic acids is 3. The van der Waals surface area contributed by atoms with Crippen molar-refractivity contribution in [2.75, 3.05) is 20.3 Å². The molecular formula is C21H24BrN3O5. The summed E-state index contributed by atoms with van der Waals surface area (Å²) in [5.74, 6) is -0.611. The third kappa shape index (κ3) is 8.22. The van der Waals surface area contributed by atoms with E-state index >= 15 is 0 Å². The summed E-state index contributed by atoms with van der Waals surface area (Å²) in [7, 11) is 1.58. The first-order valence-electron chi connectivity index (χ1n) is 9.30. The maximum atomic E-state index is 12.2. The summed E-state index contributed by atoms with van der Waals surface area (Å²) < 4.78 is 11.0. The van der Waals surface area contributed by atoms with Gasteiger partial charge < -0.3 is 14.8 Å². The summed E-state index contributed by atoms with van der Waals surface area (Å²) in [5.41, 5.74) is 5.94. The van der Waals surface area contributed by atoms with Crippen molar-refractivity contribution in [2.45, 2.75) is 19.4 Å². The van der Waals surface area contributed by atoms with Crippen LogP contribution in [-0.4, -0.2) is 38.0 Å². The Labute approximate surface area is 183 Å². The number of nitrogens with one attached hydrogen (secondary N) is 3. The Bertz CT molecular complexity index is 861. The molecule has 0 aliphatic carbocycles. The normalized spacial score (nSPS) is 10.2. The number of hydrogen-bond acceptors (Lipinski definition) is 5. The molecule has 0 atom stereocenters. The van der Waals surface area contributed by atoms with Crippen molar-refractivity contribution < 1.29 is 23.9 Å². The van der Waals surface area contributed by atoms with E-state index in [9.17, 15) is 14.4 Å². The van der Waals surface area contributed by atoms with Gasteiger partial charge in [-0.05, 0) is 39.7 Å². The number of amides is 3. The standard InChI is InChI=1S/C21H24BrN3O5/c1-29-11-12-30-18-8-7-16(13-17(18)22)21(28)25-24-20(27)10-9-19(26)23-14-15-5-3-2-4-6-15/h2-8,13H,9-12,14H2,1H3,(H,23,26)(H,24,27)(H,25,28). The molecule has 2 rings (SSSR count). The molecule has 0 saturated carbocycles. The number of hydrogen-bond donors (Lipinski definition) is 3. The molecule has 2 aromatic carbocycles. The second kappa shape index (κ2) is 12.6. The summed E-state index contributed by atoms with van der Waals surface area (Å²) >= 11 is 3.34. The van der Waals surface area contributed by atoms with Gasteiger partial charge in [0.15, 0.2) is 0 Å². The molecular weight excluding hydrogens is 454 g/mol. The SMILES string of the molecule is COCCOc1ccc(C(=O)NNC(=O)CCC(=O)NCc2ccccc2)cc1Br. The van der Waals surface area contributed by atoms with E-state index in [1.54, 1.807) is 25.3 Å². The summed E-state index contributed by atoms with van der Waals surface area (Å²) in [5, 5.41) is 2.74. The largest absolute Gasteiger partial charge is 0.490 e. The van der Waals surface area contributed by atoms with E-state index in [4.69, 9.17) is 9.47 Å². The molecule has 2 aromatic rings. The predicted octanol–water partition coefficient (Wildman–Crippen LogP) is 2.33. The minimum absolute atomic E-state index is 0.0214. The fraction of sp³-hybridized carbons (Fsp3) is 0.286. The Kier molecular flexibility index (Phi) is 9.82. The van der Waals surface area contributed by atoms with Crippen molar-refractivity contribution in [3.8, 4) is 5.75 Å². The molecule has 0 saturated heterocycles. The fourth-order valence-corrected chi connectivity index (χ4v) is 2.86. The topological polar surface area (TPSA) is 106 Å². The van der Waals surface area contributed by atoms with E-state index in [1.807, 2.05) is 30.3 Å². The van der Waals surface area contributed by atoms with Gasteiger partial charge in [0.05, 0.1) is 11.1 Å². The zero-order valence-corrected chi connectivity index (χ0v) is 18.2. The highest BCUT2D eigenvalue weighted by atomic mass is 79.9. The maximum absolute atomic E-state index is 12.2. The van der Waals surface area contributed by atoms with Crippen LogP contribution in [0.2, 0.25) is 0 Å². The summed E-state index contributed by atoms with van der Waals surface area (Å²) in [6.07, 6.45) is -0.0233. The van der Waals surface area contributed by atoms with Crippen LogP contribution < -0.4 is 20.9 Å². The third-order valence-corrected chi connectivity index (χ3v) is 4.59. The lowest BCUT2D eigenvalue weighted by atomic mass is 10.2. The Balaban J connectivity index is 1.70. The van der Waals surface area contributed by atoms with Crippen molar-refractivity contribution in [1.82, 2.24) is 16.2 Å². The van der Waals surface area contributed by atoms with Gasteiger partial charge in [0.25, 0.3) is 5.91 Å². The average molecular weight is 478 g/mol. The summed E-state index contributed by atoms with van der Waals surface area (Å²) in [4.78, 5) is 35.9. The molecule has 0 radical (unpaired) electrons. The van der Waals surface area contributed by atoms with E-state index in [0.29, 0.717) is 35.5 Å². The Morgan fingerprint density at radius 1 is 0.933 bits per heavy atom. The van der Waals surface area contributed by atoms with Crippen LogP contribution in [0.3, 0.4) is 0 Å². The molecule has 0 fully saturated rings. The molecule has 0 spiro atoms. The van der Waals surface area contributed by atoms with Crippen LogP contribution in [0.5, 0.6) is 5.75 Å². The Morgan fingerprint density at radius 3 is 2.37 bits per heavy atom. The minimum atomic E-state index is -0.485. The number of rotatable bonds is 10. The van der Waals surface area contributed by atoms with Gasteiger partial charge in [-0.2, -0.15) is 0 Å². The molecule has 0 aromatic heterocycles. The van der Waals surface area contributed by atoms with E-state index in [2.05, 4.69) is 32.1 Å². The number of benzene rings is 2. The molecule has 3 N–H and O–H groups in total. The molecule has 0 bridgehead atoms. The van der Waals surface area contributed by atoms with Gasteiger partial charge in [0.1, 0.15) is 12.4 Å². The van der Waals surface area contributed by atoms with Crippen molar-refractivity contribution in [3.05, 3.63) is 64.1 Å². The van der Waals surface area contributed by atoms with Crippen LogP contribution in [0.4, 0.5) is 0 Å². The molecule has 30 heavy (non-hydrogen) atoms. The molecule has 160 valence electrons. The van der Waals surface area contributed by atoms with Crippen LogP contribution in [0.15, 0.2) is 53.0 Å². The maximum Gasteiger partial charge on any atom is 0.269 e. The number of methoxy groups -OCH3 is 1. The van der Waals surface area contributed by atoms with Crippen molar-refractivity contribution in [3.63, 3.8) is 0 Å². The smallest absolute Gasteiger partial charge is 0.269 e. The monoisotopic (exact) mass is 477 g/mol. The van der Waals surface area contributed by atoms with E-state index in [1.165, 1.54) is 0 Å². The van der Waals surface area contributed by atoms with Crippen LogP contribution in [-0.2, 0) is 20.9 Å². The number of carbonyl (C=O) groups is 3. The van der Waals surface area contributed by atoms with Crippen LogP contribution >= 0.6 is 15.9 Å². The minimum Gasteiger partial charge on any atom is -0.490 e. The second-order valence-electron chi connectivity index (χ2n) is 6.25. The van der Waals surface area contributed by atoms with Crippen LogP contribution in [0, 0.1) is 0 Å². The molecule has 9 heteroatoms. The van der Waals surface area contributed by atoms with Crippen molar-refractivity contribution in [2.24, 2.45) is 0 Å². The molecule has 0 heterocycles. The van der Waals surface area contributed by atoms with Gasteiger partial charge in [-0.3, -0.25) is 25.2 Å². The summed E-state index contributed by atoms with van der Waals surface area (Å²) in [6, 6.07) is 14.3. The second-order valence-corrected chi connectivity index (χ2v) is 7.11.